The Hall–Kier alpha value is -1.84. The summed E-state index contributed by atoms with van der Waals surface area (Å²) in [4.78, 5) is 11.3. The summed E-state index contributed by atoms with van der Waals surface area (Å²) in [6.45, 7) is 2.00. The van der Waals surface area contributed by atoms with Crippen LogP contribution in [-0.4, -0.2) is 17.2 Å². The van der Waals surface area contributed by atoms with Gasteiger partial charge >= 0.3 is 0 Å². The van der Waals surface area contributed by atoms with E-state index in [0.29, 0.717) is 23.3 Å². The topological polar surface area (TPSA) is 34.0 Å². The Bertz CT molecular complexity index is 519. The SMILES string of the molecule is CC(=O)NCCc1cn(F)c2ccccc12. The molecule has 0 spiro atoms. The third-order valence-corrected chi connectivity index (χ3v) is 2.52. The minimum Gasteiger partial charge on any atom is -0.356 e. The number of fused-ring (bicyclic) bond motifs is 1. The van der Waals surface area contributed by atoms with Crippen LogP contribution in [0, 0.1) is 0 Å². The van der Waals surface area contributed by atoms with Gasteiger partial charge in [-0.25, -0.2) is 0 Å². The van der Waals surface area contributed by atoms with Gasteiger partial charge in [0, 0.05) is 25.1 Å². The Morgan fingerprint density at radius 2 is 2.19 bits per heavy atom. The van der Waals surface area contributed by atoms with Crippen molar-refractivity contribution >= 4 is 16.8 Å². The number of carbonyl (C=O) groups is 1. The van der Waals surface area contributed by atoms with E-state index in [1.165, 1.54) is 13.1 Å². The molecule has 2 aromatic rings. The molecule has 3 nitrogen and oxygen atoms in total. The average Bonchev–Trinajstić information content (AvgIpc) is 2.57. The standard InChI is InChI=1S/C12H13FN2O/c1-9(16)14-7-6-10-8-15(13)12-5-3-2-4-11(10)12/h2-5,8H,6-7H2,1H3,(H,14,16). The number of carbonyl (C=O) groups excluding carboxylic acids is 1. The number of nitrogens with zero attached hydrogens (tertiary/aromatic N) is 1. The van der Waals surface area contributed by atoms with Gasteiger partial charge in [-0.2, -0.15) is 4.79 Å². The highest BCUT2D eigenvalue weighted by atomic mass is 19.2. The maximum atomic E-state index is 13.4. The van der Waals surface area contributed by atoms with Gasteiger partial charge in [0.05, 0.1) is 5.52 Å². The summed E-state index contributed by atoms with van der Waals surface area (Å²) in [7, 11) is 0. The van der Waals surface area contributed by atoms with Crippen LogP contribution in [0.1, 0.15) is 12.5 Å². The molecular formula is C12H13FN2O. The Balaban J connectivity index is 2.21. The number of hydrogen-bond acceptors (Lipinski definition) is 1. The van der Waals surface area contributed by atoms with Crippen LogP contribution in [0.2, 0.25) is 0 Å². The highest BCUT2D eigenvalue weighted by Gasteiger charge is 2.07. The number of para-hydroxylation sites is 1. The van der Waals surface area contributed by atoms with Crippen LogP contribution in [0.15, 0.2) is 30.5 Å². The van der Waals surface area contributed by atoms with E-state index >= 15 is 0 Å². The van der Waals surface area contributed by atoms with Crippen LogP contribution in [0.5, 0.6) is 0 Å². The second kappa shape index (κ2) is 4.35. The quantitative estimate of drug-likeness (QED) is 0.844. The zero-order chi connectivity index (χ0) is 11.5. The van der Waals surface area contributed by atoms with E-state index in [9.17, 15) is 9.28 Å². The van der Waals surface area contributed by atoms with Crippen molar-refractivity contribution < 1.29 is 9.28 Å². The van der Waals surface area contributed by atoms with Gasteiger partial charge in [0.25, 0.3) is 0 Å². The molecule has 0 aliphatic rings. The molecule has 1 aromatic carbocycles. The minimum atomic E-state index is -0.0658. The Labute approximate surface area is 92.8 Å². The smallest absolute Gasteiger partial charge is 0.216 e. The first-order valence-electron chi connectivity index (χ1n) is 5.18. The molecule has 0 atom stereocenters. The predicted molar refractivity (Wildman–Crippen MR) is 60.8 cm³/mol. The van der Waals surface area contributed by atoms with Crippen molar-refractivity contribution in [2.24, 2.45) is 0 Å². The summed E-state index contributed by atoms with van der Waals surface area (Å²) in [6, 6.07) is 7.30. The molecule has 0 saturated carbocycles. The van der Waals surface area contributed by atoms with Gasteiger partial charge < -0.3 is 5.32 Å². The number of hydrogen-bond donors (Lipinski definition) is 1. The summed E-state index contributed by atoms with van der Waals surface area (Å²) in [6.07, 6.45) is 2.10. The number of halogens is 1. The van der Waals surface area contributed by atoms with Crippen LogP contribution in [0.3, 0.4) is 0 Å². The molecule has 0 unspecified atom stereocenters. The second-order valence-electron chi connectivity index (χ2n) is 3.72. The van der Waals surface area contributed by atoms with Crippen molar-refractivity contribution in [2.45, 2.75) is 13.3 Å². The number of aromatic nitrogens is 1. The fourth-order valence-corrected chi connectivity index (χ4v) is 1.78. The first-order valence-corrected chi connectivity index (χ1v) is 5.18. The van der Waals surface area contributed by atoms with E-state index in [-0.39, 0.29) is 5.91 Å². The molecule has 16 heavy (non-hydrogen) atoms. The highest BCUT2D eigenvalue weighted by Crippen LogP contribution is 2.21. The monoisotopic (exact) mass is 220 g/mol. The molecule has 1 N–H and O–H groups in total. The zero-order valence-corrected chi connectivity index (χ0v) is 9.03. The van der Waals surface area contributed by atoms with Gasteiger partial charge in [0.15, 0.2) is 0 Å². The van der Waals surface area contributed by atoms with Crippen LogP contribution >= 0.6 is 0 Å². The Morgan fingerprint density at radius 3 is 2.94 bits per heavy atom. The molecule has 0 fully saturated rings. The average molecular weight is 220 g/mol. The number of nitrogens with one attached hydrogen (secondary N) is 1. The van der Waals surface area contributed by atoms with Gasteiger partial charge in [-0.1, -0.05) is 22.7 Å². The van der Waals surface area contributed by atoms with Crippen LogP contribution in [0.25, 0.3) is 10.9 Å². The Morgan fingerprint density at radius 1 is 1.44 bits per heavy atom. The third-order valence-electron chi connectivity index (χ3n) is 2.52. The zero-order valence-electron chi connectivity index (χ0n) is 9.03. The molecule has 0 saturated heterocycles. The lowest BCUT2D eigenvalue weighted by atomic mass is 10.1. The molecule has 0 aliphatic heterocycles. The van der Waals surface area contributed by atoms with E-state index in [2.05, 4.69) is 5.32 Å². The van der Waals surface area contributed by atoms with Crippen molar-refractivity contribution in [1.29, 1.82) is 0 Å². The second-order valence-corrected chi connectivity index (χ2v) is 3.72. The lowest BCUT2D eigenvalue weighted by molar-refractivity contribution is -0.118. The van der Waals surface area contributed by atoms with Gasteiger partial charge in [0.1, 0.15) is 0 Å². The molecule has 1 amide bonds. The normalized spacial score (nSPS) is 10.6. The minimum absolute atomic E-state index is 0.0658. The maximum absolute atomic E-state index is 13.4. The predicted octanol–water partition coefficient (Wildman–Crippen LogP) is 2.05. The van der Waals surface area contributed by atoms with Gasteiger partial charge in [-0.3, -0.25) is 4.79 Å². The molecule has 84 valence electrons. The molecule has 0 aliphatic carbocycles. The van der Waals surface area contributed by atoms with Crippen molar-refractivity contribution in [3.8, 4) is 0 Å². The van der Waals surface area contributed by atoms with Crippen LogP contribution < -0.4 is 5.32 Å². The molecule has 1 aromatic heterocycles. The maximum Gasteiger partial charge on any atom is 0.216 e. The van der Waals surface area contributed by atoms with Crippen LogP contribution in [-0.2, 0) is 11.2 Å². The lowest BCUT2D eigenvalue weighted by Crippen LogP contribution is -2.22. The molecule has 0 bridgehead atoms. The van der Waals surface area contributed by atoms with E-state index in [0.717, 1.165) is 10.9 Å². The summed E-state index contributed by atoms with van der Waals surface area (Å²) >= 11 is 0. The van der Waals surface area contributed by atoms with Crippen molar-refractivity contribution in [2.75, 3.05) is 6.54 Å². The summed E-state index contributed by atoms with van der Waals surface area (Å²) in [5, 5.41) is 3.60. The molecular weight excluding hydrogens is 207 g/mol. The summed E-state index contributed by atoms with van der Waals surface area (Å²) in [5.41, 5.74) is 1.48. The molecule has 1 heterocycles. The van der Waals surface area contributed by atoms with E-state index < -0.39 is 0 Å². The first kappa shape index (κ1) is 10.7. The van der Waals surface area contributed by atoms with Gasteiger partial charge in [0.2, 0.25) is 5.91 Å². The number of benzene rings is 1. The number of rotatable bonds is 3. The number of amides is 1. The lowest BCUT2D eigenvalue weighted by Gasteiger charge is -2.00. The molecule has 4 heteroatoms. The van der Waals surface area contributed by atoms with E-state index in [1.807, 2.05) is 12.1 Å². The van der Waals surface area contributed by atoms with Crippen molar-refractivity contribution in [1.82, 2.24) is 10.1 Å². The highest BCUT2D eigenvalue weighted by molar-refractivity contribution is 5.83. The summed E-state index contributed by atoms with van der Waals surface area (Å²) < 4.78 is 13.4. The molecule has 2 rings (SSSR count). The van der Waals surface area contributed by atoms with E-state index in [1.54, 1.807) is 12.1 Å². The Kier molecular flexibility index (Phi) is 2.90. The van der Waals surface area contributed by atoms with Crippen molar-refractivity contribution in [3.63, 3.8) is 0 Å². The first-order chi connectivity index (χ1) is 7.68. The van der Waals surface area contributed by atoms with E-state index in [4.69, 9.17) is 0 Å². The van der Waals surface area contributed by atoms with Gasteiger partial charge in [-0.15, -0.1) is 0 Å². The fraction of sp³-hybridized carbons (Fsp3) is 0.250. The van der Waals surface area contributed by atoms with Gasteiger partial charge in [-0.05, 0) is 18.1 Å². The summed E-state index contributed by atoms with van der Waals surface area (Å²) in [5.74, 6) is -0.0658. The van der Waals surface area contributed by atoms with Crippen LogP contribution in [0.4, 0.5) is 4.48 Å². The fourth-order valence-electron chi connectivity index (χ4n) is 1.78. The third kappa shape index (κ3) is 2.05. The van der Waals surface area contributed by atoms with Crippen molar-refractivity contribution in [3.05, 3.63) is 36.0 Å². The molecule has 0 radical (unpaired) electrons. The largest absolute Gasteiger partial charge is 0.356 e.